The molecule has 0 aliphatic heterocycles. The number of aryl methyl sites for hydroxylation is 2. The fraction of sp³-hybridized carbons (Fsp3) is 0.417. The summed E-state index contributed by atoms with van der Waals surface area (Å²) in [5.41, 5.74) is 1.48. The molecule has 0 unspecified atom stereocenters. The third-order valence-electron chi connectivity index (χ3n) is 2.56. The Balaban J connectivity index is 2.84. The molecule has 9 heteroatoms. The van der Waals surface area contributed by atoms with Crippen LogP contribution in [0.25, 0.3) is 0 Å². The van der Waals surface area contributed by atoms with Crippen LogP contribution in [-0.2, 0) is 0 Å². The Morgan fingerprint density at radius 3 is 2.00 bits per heavy atom. The van der Waals surface area contributed by atoms with E-state index in [-0.39, 0.29) is 5.69 Å². The Morgan fingerprint density at radius 2 is 1.57 bits per heavy atom. The minimum atomic E-state index is -5.63. The molecule has 0 bridgehead atoms. The van der Waals surface area contributed by atoms with Crippen molar-refractivity contribution in [3.63, 3.8) is 0 Å². The van der Waals surface area contributed by atoms with E-state index in [1.54, 1.807) is 26.0 Å². The maximum Gasteiger partial charge on any atom is 0.417 e. The first-order valence-electron chi connectivity index (χ1n) is 5.69. The van der Waals surface area contributed by atoms with Gasteiger partial charge in [0, 0.05) is 5.69 Å². The van der Waals surface area contributed by atoms with Crippen LogP contribution >= 0.6 is 0 Å². The topological polar surface area (TPSA) is 41.1 Å². The molecule has 118 valence electrons. The number of anilines is 1. The zero-order chi connectivity index (χ0) is 16.4. The fourth-order valence-electron chi connectivity index (χ4n) is 1.59. The molecule has 0 spiro atoms. The molecule has 1 aromatic rings. The Bertz CT molecular complexity index is 509. The van der Waals surface area contributed by atoms with Crippen LogP contribution in [0.1, 0.15) is 11.1 Å². The van der Waals surface area contributed by atoms with E-state index in [0.29, 0.717) is 5.56 Å². The van der Waals surface area contributed by atoms with Gasteiger partial charge in [0.2, 0.25) is 6.04 Å². The van der Waals surface area contributed by atoms with Gasteiger partial charge in [-0.2, -0.15) is 26.3 Å². The van der Waals surface area contributed by atoms with Gasteiger partial charge in [-0.3, -0.25) is 0 Å². The zero-order valence-electron chi connectivity index (χ0n) is 11.0. The SMILES string of the molecule is Cc1ccc(NC(=O)NC(C(F)(F)F)C(F)(F)F)c(C)c1. The second-order valence-corrected chi connectivity index (χ2v) is 4.43. The van der Waals surface area contributed by atoms with Crippen LogP contribution in [0.2, 0.25) is 0 Å². The van der Waals surface area contributed by atoms with Crippen molar-refractivity contribution in [3.8, 4) is 0 Å². The molecule has 0 saturated heterocycles. The Kier molecular flexibility index (Phi) is 4.75. The number of carbonyl (C=O) groups is 1. The van der Waals surface area contributed by atoms with Gasteiger partial charge in [-0.25, -0.2) is 4.79 Å². The number of amides is 2. The number of alkyl halides is 6. The minimum absolute atomic E-state index is 0.126. The van der Waals surface area contributed by atoms with Crippen molar-refractivity contribution in [1.82, 2.24) is 5.32 Å². The van der Waals surface area contributed by atoms with Gasteiger partial charge in [-0.1, -0.05) is 17.7 Å². The van der Waals surface area contributed by atoms with Gasteiger partial charge in [0.05, 0.1) is 0 Å². The first-order valence-corrected chi connectivity index (χ1v) is 5.69. The first-order chi connectivity index (χ1) is 9.41. The summed E-state index contributed by atoms with van der Waals surface area (Å²) in [5, 5.41) is 2.85. The maximum absolute atomic E-state index is 12.3. The van der Waals surface area contributed by atoms with Crippen LogP contribution < -0.4 is 10.6 Å². The Labute approximate surface area is 116 Å². The first kappa shape index (κ1) is 17.1. The van der Waals surface area contributed by atoms with Crippen LogP contribution in [0, 0.1) is 13.8 Å². The summed E-state index contributed by atoms with van der Waals surface area (Å²) in [6, 6.07) is -0.924. The molecule has 1 rings (SSSR count). The summed E-state index contributed by atoms with van der Waals surface area (Å²) in [4.78, 5) is 11.3. The Hall–Kier alpha value is -1.93. The van der Waals surface area contributed by atoms with E-state index in [9.17, 15) is 31.1 Å². The molecule has 1 aromatic carbocycles. The summed E-state index contributed by atoms with van der Waals surface area (Å²) < 4.78 is 73.7. The third-order valence-corrected chi connectivity index (χ3v) is 2.56. The lowest BCUT2D eigenvalue weighted by Gasteiger charge is -2.24. The predicted octanol–water partition coefficient (Wildman–Crippen LogP) is 3.92. The zero-order valence-corrected chi connectivity index (χ0v) is 11.0. The lowest BCUT2D eigenvalue weighted by Crippen LogP contribution is -2.55. The van der Waals surface area contributed by atoms with Gasteiger partial charge in [-0.05, 0) is 25.5 Å². The highest BCUT2D eigenvalue weighted by molar-refractivity contribution is 5.90. The van der Waals surface area contributed by atoms with Gasteiger partial charge in [0.25, 0.3) is 0 Å². The molecule has 0 atom stereocenters. The minimum Gasteiger partial charge on any atom is -0.318 e. The van der Waals surface area contributed by atoms with Crippen molar-refractivity contribution in [2.75, 3.05) is 5.32 Å². The van der Waals surface area contributed by atoms with Gasteiger partial charge < -0.3 is 10.6 Å². The summed E-state index contributed by atoms with van der Waals surface area (Å²) >= 11 is 0. The highest BCUT2D eigenvalue weighted by atomic mass is 19.4. The number of benzene rings is 1. The van der Waals surface area contributed by atoms with E-state index in [1.807, 2.05) is 5.32 Å². The summed E-state index contributed by atoms with van der Waals surface area (Å²) in [5.74, 6) is 0. The smallest absolute Gasteiger partial charge is 0.318 e. The van der Waals surface area contributed by atoms with Crippen LogP contribution in [0.3, 0.4) is 0 Å². The number of rotatable bonds is 2. The highest BCUT2D eigenvalue weighted by Crippen LogP contribution is 2.33. The van der Waals surface area contributed by atoms with E-state index in [2.05, 4.69) is 0 Å². The van der Waals surface area contributed by atoms with E-state index in [0.717, 1.165) is 10.9 Å². The second kappa shape index (κ2) is 5.82. The van der Waals surface area contributed by atoms with Gasteiger partial charge >= 0.3 is 18.4 Å². The van der Waals surface area contributed by atoms with Crippen molar-refractivity contribution in [2.24, 2.45) is 0 Å². The molecular formula is C12H12F6N2O. The van der Waals surface area contributed by atoms with Crippen LogP contribution in [0.4, 0.5) is 36.8 Å². The monoisotopic (exact) mass is 314 g/mol. The molecule has 0 aromatic heterocycles. The van der Waals surface area contributed by atoms with Crippen LogP contribution in [-0.4, -0.2) is 24.4 Å². The molecule has 0 aliphatic carbocycles. The van der Waals surface area contributed by atoms with E-state index in [1.165, 1.54) is 6.07 Å². The van der Waals surface area contributed by atoms with Crippen LogP contribution in [0.15, 0.2) is 18.2 Å². The molecule has 0 heterocycles. The predicted molar refractivity (Wildman–Crippen MR) is 64.0 cm³/mol. The van der Waals surface area contributed by atoms with Crippen molar-refractivity contribution in [2.45, 2.75) is 32.2 Å². The van der Waals surface area contributed by atoms with E-state index in [4.69, 9.17) is 0 Å². The highest BCUT2D eigenvalue weighted by Gasteiger charge is 2.57. The maximum atomic E-state index is 12.3. The molecule has 0 aliphatic rings. The number of urea groups is 1. The summed E-state index contributed by atoms with van der Waals surface area (Å²) in [6.07, 6.45) is -11.3. The molecule has 2 N–H and O–H groups in total. The van der Waals surface area contributed by atoms with Gasteiger partial charge in [0.15, 0.2) is 0 Å². The van der Waals surface area contributed by atoms with Crippen molar-refractivity contribution in [1.29, 1.82) is 0 Å². The lowest BCUT2D eigenvalue weighted by atomic mass is 10.1. The van der Waals surface area contributed by atoms with Crippen molar-refractivity contribution >= 4 is 11.7 Å². The fourth-order valence-corrected chi connectivity index (χ4v) is 1.59. The Morgan fingerprint density at radius 1 is 1.05 bits per heavy atom. The molecular weight excluding hydrogens is 302 g/mol. The summed E-state index contributed by atoms with van der Waals surface area (Å²) in [6.45, 7) is 3.31. The normalized spacial score (nSPS) is 12.4. The second-order valence-electron chi connectivity index (χ2n) is 4.43. The van der Waals surface area contributed by atoms with Crippen molar-refractivity contribution < 1.29 is 31.1 Å². The van der Waals surface area contributed by atoms with Crippen molar-refractivity contribution in [3.05, 3.63) is 29.3 Å². The number of nitrogens with one attached hydrogen (secondary N) is 2. The number of halogens is 6. The van der Waals surface area contributed by atoms with Crippen LogP contribution in [0.5, 0.6) is 0 Å². The van der Waals surface area contributed by atoms with E-state index >= 15 is 0 Å². The molecule has 0 radical (unpaired) electrons. The number of carbonyl (C=O) groups excluding carboxylic acids is 1. The molecule has 2 amide bonds. The van der Waals surface area contributed by atoms with Gasteiger partial charge in [-0.15, -0.1) is 0 Å². The third kappa shape index (κ3) is 4.83. The molecule has 3 nitrogen and oxygen atoms in total. The number of hydrogen-bond donors (Lipinski definition) is 2. The average Bonchev–Trinajstić information content (AvgIpc) is 2.27. The standard InChI is InChI=1S/C12H12F6N2O/c1-6-3-4-8(7(2)5-6)19-10(21)20-9(11(13,14)15)12(16,17)18/h3-5,9H,1-2H3,(H2,19,20,21). The largest absolute Gasteiger partial charge is 0.417 e. The molecule has 21 heavy (non-hydrogen) atoms. The van der Waals surface area contributed by atoms with Gasteiger partial charge in [0.1, 0.15) is 0 Å². The molecule has 0 fully saturated rings. The molecule has 0 saturated carbocycles. The van der Waals surface area contributed by atoms with E-state index < -0.39 is 24.4 Å². The lowest BCUT2D eigenvalue weighted by molar-refractivity contribution is -0.255. The summed E-state index contributed by atoms with van der Waals surface area (Å²) in [7, 11) is 0. The quantitative estimate of drug-likeness (QED) is 0.798. The number of hydrogen-bond acceptors (Lipinski definition) is 1. The average molecular weight is 314 g/mol.